The molecule has 0 bridgehead atoms. The molecule has 2 aromatic heterocycles. The van der Waals surface area contributed by atoms with E-state index < -0.39 is 0 Å². The summed E-state index contributed by atoms with van der Waals surface area (Å²) in [4.78, 5) is 6.70. The number of nitrogens with zero attached hydrogens (tertiary/aromatic N) is 4. The fourth-order valence-corrected chi connectivity index (χ4v) is 3.59. The molecule has 0 amide bonds. The summed E-state index contributed by atoms with van der Waals surface area (Å²) in [7, 11) is 0. The van der Waals surface area contributed by atoms with Crippen LogP contribution in [0.15, 0.2) is 30.6 Å². The molecule has 128 valence electrons. The minimum Gasteiger partial charge on any atom is -0.386 e. The molecule has 0 spiro atoms. The lowest BCUT2D eigenvalue weighted by atomic mass is 10.1. The van der Waals surface area contributed by atoms with Gasteiger partial charge in [0.05, 0.1) is 11.4 Å². The first kappa shape index (κ1) is 15.8. The smallest absolute Gasteiger partial charge is 0.101 e. The molecule has 1 N–H and O–H groups in total. The average molecular weight is 326 g/mol. The molecule has 0 radical (unpaired) electrons. The van der Waals surface area contributed by atoms with Gasteiger partial charge < -0.3 is 5.11 Å². The van der Waals surface area contributed by atoms with Crippen molar-refractivity contribution in [3.8, 4) is 0 Å². The molecule has 2 aliphatic rings. The molecule has 1 aliphatic heterocycles. The van der Waals surface area contributed by atoms with Crippen LogP contribution < -0.4 is 0 Å². The zero-order valence-corrected chi connectivity index (χ0v) is 14.1. The van der Waals surface area contributed by atoms with Crippen LogP contribution in [0.4, 0.5) is 0 Å². The van der Waals surface area contributed by atoms with Crippen molar-refractivity contribution in [2.45, 2.75) is 51.3 Å². The van der Waals surface area contributed by atoms with Crippen molar-refractivity contribution in [3.63, 3.8) is 0 Å². The van der Waals surface area contributed by atoms with E-state index in [1.165, 1.54) is 11.3 Å². The van der Waals surface area contributed by atoms with Crippen molar-refractivity contribution in [2.24, 2.45) is 5.92 Å². The maximum Gasteiger partial charge on any atom is 0.101 e. The standard InChI is InChI=1S/C19H26N4O/c24-19(16-6-7-16)18-12-17-14-22(10-3-11-23(17)21-18)9-2-5-15-4-1-8-20-13-15/h1,4,8,12-13,16,19,24H,2-3,5-7,9-11,14H2. The molecule has 24 heavy (non-hydrogen) atoms. The first-order chi connectivity index (χ1) is 11.8. The highest BCUT2D eigenvalue weighted by Gasteiger charge is 2.33. The third kappa shape index (κ3) is 3.68. The van der Waals surface area contributed by atoms with E-state index in [0.29, 0.717) is 5.92 Å². The van der Waals surface area contributed by atoms with E-state index in [9.17, 15) is 5.11 Å². The van der Waals surface area contributed by atoms with Crippen molar-refractivity contribution in [1.82, 2.24) is 19.7 Å². The number of fused-ring (bicyclic) bond motifs is 1. The van der Waals surface area contributed by atoms with E-state index in [-0.39, 0.29) is 6.10 Å². The number of rotatable bonds is 6. The van der Waals surface area contributed by atoms with E-state index in [2.05, 4.69) is 31.8 Å². The quantitative estimate of drug-likeness (QED) is 0.886. The molecule has 2 aromatic rings. The maximum atomic E-state index is 10.3. The zero-order valence-electron chi connectivity index (χ0n) is 14.1. The number of aliphatic hydroxyl groups excluding tert-OH is 1. The fourth-order valence-electron chi connectivity index (χ4n) is 3.59. The first-order valence-electron chi connectivity index (χ1n) is 9.15. The minimum absolute atomic E-state index is 0.358. The normalized spacial score (nSPS) is 19.7. The Hall–Kier alpha value is -1.72. The number of pyridine rings is 1. The Balaban J connectivity index is 1.35. The maximum absolute atomic E-state index is 10.3. The summed E-state index contributed by atoms with van der Waals surface area (Å²) in [5.74, 6) is 0.444. The molecule has 0 saturated heterocycles. The number of aryl methyl sites for hydroxylation is 2. The molecular weight excluding hydrogens is 300 g/mol. The predicted molar refractivity (Wildman–Crippen MR) is 92.4 cm³/mol. The predicted octanol–water partition coefficient (Wildman–Crippen LogP) is 2.56. The second-order valence-corrected chi connectivity index (χ2v) is 7.16. The SMILES string of the molecule is OC(c1cc2n(n1)CCCN(CCCc1cccnc1)C2)C1CC1. The van der Waals surface area contributed by atoms with Gasteiger partial charge in [-0.2, -0.15) is 5.10 Å². The van der Waals surface area contributed by atoms with Gasteiger partial charge in [-0.25, -0.2) is 0 Å². The Morgan fingerprint density at radius 1 is 1.29 bits per heavy atom. The Labute approximate surface area is 143 Å². The molecule has 3 heterocycles. The molecule has 1 unspecified atom stereocenters. The van der Waals surface area contributed by atoms with Crippen LogP contribution in [-0.4, -0.2) is 37.9 Å². The summed E-state index contributed by atoms with van der Waals surface area (Å²) >= 11 is 0. The number of hydrogen-bond acceptors (Lipinski definition) is 4. The number of aromatic nitrogens is 3. The van der Waals surface area contributed by atoms with Crippen LogP contribution in [0.3, 0.4) is 0 Å². The van der Waals surface area contributed by atoms with Gasteiger partial charge in [0.25, 0.3) is 0 Å². The van der Waals surface area contributed by atoms with E-state index >= 15 is 0 Å². The molecule has 1 aliphatic carbocycles. The van der Waals surface area contributed by atoms with Crippen molar-refractivity contribution in [3.05, 3.63) is 47.5 Å². The molecule has 5 nitrogen and oxygen atoms in total. The Morgan fingerprint density at radius 2 is 2.21 bits per heavy atom. The van der Waals surface area contributed by atoms with E-state index in [1.54, 1.807) is 0 Å². The summed E-state index contributed by atoms with van der Waals surface area (Å²) in [6.07, 6.45) is 9.07. The van der Waals surface area contributed by atoms with E-state index in [0.717, 1.165) is 64.0 Å². The fraction of sp³-hybridized carbons (Fsp3) is 0.579. The van der Waals surface area contributed by atoms with Crippen molar-refractivity contribution >= 4 is 0 Å². The third-order valence-corrected chi connectivity index (χ3v) is 5.15. The highest BCUT2D eigenvalue weighted by Crippen LogP contribution is 2.40. The van der Waals surface area contributed by atoms with Crippen LogP contribution >= 0.6 is 0 Å². The number of hydrogen-bond donors (Lipinski definition) is 1. The largest absolute Gasteiger partial charge is 0.386 e. The summed E-state index contributed by atoms with van der Waals surface area (Å²) in [6, 6.07) is 6.28. The van der Waals surface area contributed by atoms with Gasteiger partial charge in [0.2, 0.25) is 0 Å². The van der Waals surface area contributed by atoms with Gasteiger partial charge in [0.15, 0.2) is 0 Å². The average Bonchev–Trinajstić information content (AvgIpc) is 3.40. The molecule has 5 heteroatoms. The highest BCUT2D eigenvalue weighted by atomic mass is 16.3. The van der Waals surface area contributed by atoms with Gasteiger partial charge in [-0.1, -0.05) is 6.07 Å². The molecule has 1 saturated carbocycles. The van der Waals surface area contributed by atoms with Crippen molar-refractivity contribution in [1.29, 1.82) is 0 Å². The summed E-state index contributed by atoms with van der Waals surface area (Å²) in [5, 5.41) is 15.0. The molecular formula is C19H26N4O. The second kappa shape index (κ2) is 7.03. The van der Waals surface area contributed by atoms with Gasteiger partial charge in [0.1, 0.15) is 6.10 Å². The zero-order chi connectivity index (χ0) is 16.4. The molecule has 1 fully saturated rings. The molecule has 0 aromatic carbocycles. The van der Waals surface area contributed by atoms with Crippen molar-refractivity contribution in [2.75, 3.05) is 13.1 Å². The van der Waals surface area contributed by atoms with Crippen molar-refractivity contribution < 1.29 is 5.11 Å². The van der Waals surface area contributed by atoms with Crippen LogP contribution in [0.1, 0.15) is 48.7 Å². The van der Waals surface area contributed by atoms with Gasteiger partial charge in [0, 0.05) is 32.0 Å². The van der Waals surface area contributed by atoms with E-state index in [1.807, 2.05) is 18.5 Å². The molecule has 4 rings (SSSR count). The van der Waals surface area contributed by atoms with Gasteiger partial charge >= 0.3 is 0 Å². The first-order valence-corrected chi connectivity index (χ1v) is 9.15. The lowest BCUT2D eigenvalue weighted by molar-refractivity contribution is 0.148. The Kier molecular flexibility index (Phi) is 4.63. The lowest BCUT2D eigenvalue weighted by Crippen LogP contribution is -2.24. The van der Waals surface area contributed by atoms with Crippen LogP contribution in [0, 0.1) is 5.92 Å². The van der Waals surface area contributed by atoms with Crippen LogP contribution in [0.5, 0.6) is 0 Å². The Morgan fingerprint density at radius 3 is 3.00 bits per heavy atom. The lowest BCUT2D eigenvalue weighted by Gasteiger charge is -2.19. The summed E-state index contributed by atoms with van der Waals surface area (Å²) < 4.78 is 2.11. The third-order valence-electron chi connectivity index (χ3n) is 5.15. The Bertz CT molecular complexity index is 665. The minimum atomic E-state index is -0.358. The van der Waals surface area contributed by atoms with Crippen LogP contribution in [-0.2, 0) is 19.5 Å². The molecule has 1 atom stereocenters. The van der Waals surface area contributed by atoms with E-state index in [4.69, 9.17) is 0 Å². The highest BCUT2D eigenvalue weighted by molar-refractivity contribution is 5.15. The summed E-state index contributed by atoms with van der Waals surface area (Å²) in [5.41, 5.74) is 3.44. The number of aliphatic hydroxyl groups is 1. The van der Waals surface area contributed by atoms with Crippen LogP contribution in [0.2, 0.25) is 0 Å². The van der Waals surface area contributed by atoms with Gasteiger partial charge in [-0.05, 0) is 62.3 Å². The summed E-state index contributed by atoms with van der Waals surface area (Å²) in [6.45, 7) is 4.13. The topological polar surface area (TPSA) is 54.2 Å². The van der Waals surface area contributed by atoms with Gasteiger partial charge in [-0.3, -0.25) is 14.6 Å². The monoisotopic (exact) mass is 326 g/mol. The van der Waals surface area contributed by atoms with Gasteiger partial charge in [-0.15, -0.1) is 0 Å². The van der Waals surface area contributed by atoms with Crippen LogP contribution in [0.25, 0.3) is 0 Å². The second-order valence-electron chi connectivity index (χ2n) is 7.16.